The van der Waals surface area contributed by atoms with Gasteiger partial charge in [0.1, 0.15) is 0 Å². The molecule has 2 aromatic heterocycles. The van der Waals surface area contributed by atoms with Crippen LogP contribution >= 0.6 is 11.3 Å². The van der Waals surface area contributed by atoms with E-state index in [0.717, 1.165) is 18.8 Å². The summed E-state index contributed by atoms with van der Waals surface area (Å²) in [7, 11) is 0. The first kappa shape index (κ1) is 14.8. The fourth-order valence-electron chi connectivity index (χ4n) is 2.70. The Balaban J connectivity index is 1.61. The lowest BCUT2D eigenvalue weighted by Gasteiger charge is -2.19. The summed E-state index contributed by atoms with van der Waals surface area (Å²) < 4.78 is 4.96. The van der Waals surface area contributed by atoms with Crippen LogP contribution in [0.25, 0.3) is 0 Å². The molecule has 0 saturated heterocycles. The summed E-state index contributed by atoms with van der Waals surface area (Å²) in [6.45, 7) is 2.21. The number of fused-ring (bicyclic) bond motifs is 1. The third kappa shape index (κ3) is 3.06. The minimum atomic E-state index is -0.467. The summed E-state index contributed by atoms with van der Waals surface area (Å²) in [5.74, 6) is 0.131. The molecule has 2 N–H and O–H groups in total. The average molecular weight is 318 g/mol. The van der Waals surface area contributed by atoms with Crippen molar-refractivity contribution in [2.45, 2.75) is 32.6 Å². The summed E-state index contributed by atoms with van der Waals surface area (Å²) in [6.07, 6.45) is 5.88. The Labute approximate surface area is 132 Å². The van der Waals surface area contributed by atoms with Gasteiger partial charge in [0, 0.05) is 4.88 Å². The van der Waals surface area contributed by atoms with Gasteiger partial charge in [-0.25, -0.2) is 0 Å². The van der Waals surface area contributed by atoms with Crippen molar-refractivity contribution in [2.75, 3.05) is 0 Å². The molecule has 0 fully saturated rings. The number of hydrazine groups is 1. The van der Waals surface area contributed by atoms with Gasteiger partial charge in [0.05, 0.1) is 11.1 Å². The molecule has 22 heavy (non-hydrogen) atoms. The van der Waals surface area contributed by atoms with E-state index in [2.05, 4.69) is 17.8 Å². The fraction of sp³-hybridized carbons (Fsp3) is 0.375. The number of furan rings is 1. The zero-order valence-electron chi connectivity index (χ0n) is 12.3. The molecule has 0 bridgehead atoms. The highest BCUT2D eigenvalue weighted by molar-refractivity contribution is 7.14. The molecule has 0 saturated carbocycles. The number of rotatable bonds is 3. The lowest BCUT2D eigenvalue weighted by atomic mass is 9.87. The van der Waals surface area contributed by atoms with E-state index in [1.165, 1.54) is 46.9 Å². The van der Waals surface area contributed by atoms with Crippen LogP contribution < -0.4 is 10.9 Å². The van der Waals surface area contributed by atoms with E-state index in [-0.39, 0.29) is 11.7 Å². The molecule has 116 valence electrons. The van der Waals surface area contributed by atoms with Gasteiger partial charge < -0.3 is 4.42 Å². The molecule has 2 aromatic rings. The Kier molecular flexibility index (Phi) is 4.29. The van der Waals surface area contributed by atoms with Crippen molar-refractivity contribution >= 4 is 23.2 Å². The third-order valence-corrected chi connectivity index (χ3v) is 5.26. The second kappa shape index (κ2) is 6.36. The molecule has 3 rings (SSSR count). The van der Waals surface area contributed by atoms with Crippen LogP contribution in [0.4, 0.5) is 0 Å². The van der Waals surface area contributed by atoms with Gasteiger partial charge in [0.15, 0.2) is 5.76 Å². The predicted octanol–water partition coefficient (Wildman–Crippen LogP) is 2.93. The Morgan fingerprint density at radius 3 is 2.91 bits per heavy atom. The minimum absolute atomic E-state index is 0.163. The van der Waals surface area contributed by atoms with Crippen molar-refractivity contribution in [3.05, 3.63) is 45.5 Å². The highest BCUT2D eigenvalue weighted by Gasteiger charge is 2.22. The molecule has 1 atom stereocenters. The molecular formula is C16H18N2O3S. The van der Waals surface area contributed by atoms with Crippen LogP contribution in [0.3, 0.4) is 0 Å². The van der Waals surface area contributed by atoms with Crippen molar-refractivity contribution in [1.82, 2.24) is 10.9 Å². The van der Waals surface area contributed by atoms with Crippen molar-refractivity contribution in [3.8, 4) is 0 Å². The summed E-state index contributed by atoms with van der Waals surface area (Å²) in [5.41, 5.74) is 6.07. The Bertz CT molecular complexity index is 676. The second-order valence-electron chi connectivity index (χ2n) is 5.46. The van der Waals surface area contributed by atoms with E-state index in [4.69, 9.17) is 4.42 Å². The van der Waals surface area contributed by atoms with Gasteiger partial charge in [-0.1, -0.05) is 13.3 Å². The molecule has 2 amide bonds. The van der Waals surface area contributed by atoms with E-state index >= 15 is 0 Å². The topological polar surface area (TPSA) is 71.3 Å². The SMILES string of the molecule is CCC1CCc2sc(C(=O)NNC(=O)c3ccco3)cc2C1. The fourth-order valence-corrected chi connectivity index (χ4v) is 3.81. The van der Waals surface area contributed by atoms with E-state index in [9.17, 15) is 9.59 Å². The van der Waals surface area contributed by atoms with Crippen LogP contribution in [0, 0.1) is 5.92 Å². The number of hydrogen-bond donors (Lipinski definition) is 2. The molecule has 5 nitrogen and oxygen atoms in total. The Hall–Kier alpha value is -2.08. The first-order chi connectivity index (χ1) is 10.7. The van der Waals surface area contributed by atoms with Gasteiger partial charge in [0.2, 0.25) is 0 Å². The quantitative estimate of drug-likeness (QED) is 0.855. The summed E-state index contributed by atoms with van der Waals surface area (Å²) >= 11 is 1.52. The van der Waals surface area contributed by atoms with Crippen molar-refractivity contribution < 1.29 is 14.0 Å². The van der Waals surface area contributed by atoms with E-state index in [0.29, 0.717) is 4.88 Å². The number of amides is 2. The number of carbonyl (C=O) groups excluding carboxylic acids is 2. The molecule has 0 radical (unpaired) electrons. The molecule has 1 aliphatic carbocycles. The largest absolute Gasteiger partial charge is 0.459 e. The highest BCUT2D eigenvalue weighted by atomic mass is 32.1. The maximum Gasteiger partial charge on any atom is 0.305 e. The smallest absolute Gasteiger partial charge is 0.305 e. The number of thiophene rings is 1. The maximum atomic E-state index is 12.1. The molecule has 6 heteroatoms. The van der Waals surface area contributed by atoms with Crippen LogP contribution in [0.2, 0.25) is 0 Å². The van der Waals surface area contributed by atoms with Gasteiger partial charge in [-0.15, -0.1) is 11.3 Å². The third-order valence-electron chi connectivity index (χ3n) is 4.02. The Morgan fingerprint density at radius 2 is 2.18 bits per heavy atom. The summed E-state index contributed by atoms with van der Waals surface area (Å²) in [4.78, 5) is 25.8. The predicted molar refractivity (Wildman–Crippen MR) is 83.8 cm³/mol. The number of aryl methyl sites for hydroxylation is 1. The first-order valence-corrected chi connectivity index (χ1v) is 8.24. The number of carbonyl (C=O) groups is 2. The zero-order chi connectivity index (χ0) is 15.5. The number of nitrogens with one attached hydrogen (secondary N) is 2. The van der Waals surface area contributed by atoms with Gasteiger partial charge in [-0.2, -0.15) is 0 Å². The van der Waals surface area contributed by atoms with E-state index in [1.807, 2.05) is 6.07 Å². The molecular weight excluding hydrogens is 300 g/mol. The Morgan fingerprint density at radius 1 is 1.36 bits per heavy atom. The number of hydrogen-bond acceptors (Lipinski definition) is 4. The standard InChI is InChI=1S/C16H18N2O3S/c1-2-10-5-6-13-11(8-10)9-14(22-13)16(20)18-17-15(19)12-4-3-7-21-12/h3-4,7,9-10H,2,5-6,8H2,1H3,(H,17,19)(H,18,20). The van der Waals surface area contributed by atoms with Crippen LogP contribution in [-0.2, 0) is 12.8 Å². The lowest BCUT2D eigenvalue weighted by molar-refractivity contribution is 0.0833. The molecule has 1 unspecified atom stereocenters. The molecule has 2 heterocycles. The van der Waals surface area contributed by atoms with Gasteiger partial charge >= 0.3 is 5.91 Å². The van der Waals surface area contributed by atoms with E-state index < -0.39 is 5.91 Å². The molecule has 1 aliphatic rings. The molecule has 0 aromatic carbocycles. The van der Waals surface area contributed by atoms with Crippen LogP contribution in [-0.4, -0.2) is 11.8 Å². The maximum absolute atomic E-state index is 12.1. The summed E-state index contributed by atoms with van der Waals surface area (Å²) in [6, 6.07) is 5.11. The highest BCUT2D eigenvalue weighted by Crippen LogP contribution is 2.33. The van der Waals surface area contributed by atoms with Crippen LogP contribution in [0.15, 0.2) is 28.9 Å². The van der Waals surface area contributed by atoms with Crippen molar-refractivity contribution in [1.29, 1.82) is 0 Å². The van der Waals surface area contributed by atoms with Crippen molar-refractivity contribution in [3.63, 3.8) is 0 Å². The van der Waals surface area contributed by atoms with Gasteiger partial charge in [-0.3, -0.25) is 20.4 Å². The normalized spacial score (nSPS) is 16.9. The first-order valence-electron chi connectivity index (χ1n) is 7.43. The molecule has 0 aliphatic heterocycles. The molecule has 0 spiro atoms. The average Bonchev–Trinajstić information content (AvgIpc) is 3.20. The van der Waals surface area contributed by atoms with Gasteiger partial charge in [0.25, 0.3) is 5.91 Å². The van der Waals surface area contributed by atoms with Crippen LogP contribution in [0.1, 0.15) is 50.4 Å². The lowest BCUT2D eigenvalue weighted by Crippen LogP contribution is -2.41. The van der Waals surface area contributed by atoms with E-state index in [1.54, 1.807) is 6.07 Å². The van der Waals surface area contributed by atoms with Crippen LogP contribution in [0.5, 0.6) is 0 Å². The minimum Gasteiger partial charge on any atom is -0.459 e. The van der Waals surface area contributed by atoms with Gasteiger partial charge in [-0.05, 0) is 48.9 Å². The second-order valence-corrected chi connectivity index (χ2v) is 6.60. The monoisotopic (exact) mass is 318 g/mol. The summed E-state index contributed by atoms with van der Waals surface area (Å²) in [5, 5.41) is 0. The van der Waals surface area contributed by atoms with Crippen molar-refractivity contribution in [2.24, 2.45) is 5.92 Å². The zero-order valence-corrected chi connectivity index (χ0v) is 13.2.